The SMILES string of the molecule is COC(=O)[C@@H]1[C@@H](C(=O)OC)[C@@H](c2ccncc2)N2CCC[C@H]12. The van der Waals surface area contributed by atoms with Gasteiger partial charge in [0, 0.05) is 24.5 Å². The third kappa shape index (κ3) is 2.27. The minimum Gasteiger partial charge on any atom is -0.469 e. The molecule has 2 saturated heterocycles. The highest BCUT2D eigenvalue weighted by Crippen LogP contribution is 2.49. The zero-order chi connectivity index (χ0) is 15.7. The molecule has 3 heterocycles. The van der Waals surface area contributed by atoms with Crippen LogP contribution < -0.4 is 0 Å². The van der Waals surface area contributed by atoms with Gasteiger partial charge in [-0.25, -0.2) is 0 Å². The first-order chi connectivity index (χ1) is 10.7. The van der Waals surface area contributed by atoms with E-state index in [1.165, 1.54) is 14.2 Å². The van der Waals surface area contributed by atoms with Gasteiger partial charge in [0.05, 0.1) is 26.1 Å². The summed E-state index contributed by atoms with van der Waals surface area (Å²) < 4.78 is 9.95. The molecule has 0 radical (unpaired) electrons. The van der Waals surface area contributed by atoms with Crippen LogP contribution in [-0.2, 0) is 19.1 Å². The molecule has 2 fully saturated rings. The number of carbonyl (C=O) groups is 2. The van der Waals surface area contributed by atoms with Crippen LogP contribution in [0.25, 0.3) is 0 Å². The summed E-state index contributed by atoms with van der Waals surface area (Å²) in [5.74, 6) is -1.70. The number of hydrogen-bond donors (Lipinski definition) is 0. The number of rotatable bonds is 3. The molecule has 2 aliphatic heterocycles. The van der Waals surface area contributed by atoms with Crippen molar-refractivity contribution >= 4 is 11.9 Å². The van der Waals surface area contributed by atoms with E-state index in [2.05, 4.69) is 9.88 Å². The molecule has 6 nitrogen and oxygen atoms in total. The second-order valence-corrected chi connectivity index (χ2v) is 5.77. The van der Waals surface area contributed by atoms with Crippen LogP contribution in [0.1, 0.15) is 24.4 Å². The molecule has 0 aliphatic carbocycles. The third-order valence-electron chi connectivity index (χ3n) is 4.84. The minimum absolute atomic E-state index is 0.0368. The normalized spacial score (nSPS) is 30.8. The first-order valence-corrected chi connectivity index (χ1v) is 7.50. The number of nitrogens with zero attached hydrogens (tertiary/aromatic N) is 2. The van der Waals surface area contributed by atoms with Crippen LogP contribution in [0.4, 0.5) is 0 Å². The summed E-state index contributed by atoms with van der Waals surface area (Å²) in [7, 11) is 2.74. The molecule has 1 aromatic rings. The molecule has 6 heteroatoms. The largest absolute Gasteiger partial charge is 0.469 e. The Morgan fingerprint density at radius 1 is 1.14 bits per heavy atom. The Bertz CT molecular complexity index is 563. The smallest absolute Gasteiger partial charge is 0.311 e. The standard InChI is InChI=1S/C16H20N2O4/c1-21-15(19)12-11-4-3-9-18(11)14(13(12)16(20)22-2)10-5-7-17-8-6-10/h5-8,11-14H,3-4,9H2,1-2H3/t11-,12+,13-,14-/m1/s1. The van der Waals surface area contributed by atoms with Crippen molar-refractivity contribution in [3.05, 3.63) is 30.1 Å². The molecule has 118 valence electrons. The summed E-state index contributed by atoms with van der Waals surface area (Å²) in [6.07, 6.45) is 5.34. The zero-order valence-electron chi connectivity index (χ0n) is 12.8. The van der Waals surface area contributed by atoms with Crippen molar-refractivity contribution in [2.24, 2.45) is 11.8 Å². The van der Waals surface area contributed by atoms with Crippen molar-refractivity contribution in [1.82, 2.24) is 9.88 Å². The topological polar surface area (TPSA) is 68.7 Å². The van der Waals surface area contributed by atoms with Crippen molar-refractivity contribution in [3.8, 4) is 0 Å². The average molecular weight is 304 g/mol. The maximum absolute atomic E-state index is 12.4. The first-order valence-electron chi connectivity index (χ1n) is 7.50. The molecule has 0 N–H and O–H groups in total. The van der Waals surface area contributed by atoms with Gasteiger partial charge in [-0.3, -0.25) is 19.5 Å². The molecule has 3 rings (SSSR count). The molecule has 0 bridgehead atoms. The highest BCUT2D eigenvalue weighted by molar-refractivity contribution is 5.84. The molecule has 0 aromatic carbocycles. The van der Waals surface area contributed by atoms with Gasteiger partial charge in [0.2, 0.25) is 0 Å². The Hall–Kier alpha value is -1.95. The average Bonchev–Trinajstić information content (AvgIpc) is 3.13. The maximum Gasteiger partial charge on any atom is 0.311 e. The molecule has 1 aromatic heterocycles. The van der Waals surface area contributed by atoms with Crippen LogP contribution in [-0.4, -0.2) is 48.6 Å². The van der Waals surface area contributed by atoms with E-state index in [1.54, 1.807) is 12.4 Å². The van der Waals surface area contributed by atoms with Crippen molar-refractivity contribution in [1.29, 1.82) is 0 Å². The van der Waals surface area contributed by atoms with Crippen LogP contribution in [0.3, 0.4) is 0 Å². The summed E-state index contributed by atoms with van der Waals surface area (Å²) in [4.78, 5) is 31.0. The summed E-state index contributed by atoms with van der Waals surface area (Å²) >= 11 is 0. The molecular weight excluding hydrogens is 284 g/mol. The van der Waals surface area contributed by atoms with Gasteiger partial charge >= 0.3 is 11.9 Å². The summed E-state index contributed by atoms with van der Waals surface area (Å²) in [6, 6.07) is 3.67. The Morgan fingerprint density at radius 2 is 1.77 bits per heavy atom. The molecular formula is C16H20N2O4. The lowest BCUT2D eigenvalue weighted by molar-refractivity contribution is -0.157. The van der Waals surface area contributed by atoms with Crippen LogP contribution in [0.2, 0.25) is 0 Å². The van der Waals surface area contributed by atoms with Gasteiger partial charge in [-0.05, 0) is 37.1 Å². The molecule has 2 aliphatic rings. The van der Waals surface area contributed by atoms with Crippen LogP contribution in [0, 0.1) is 11.8 Å². The van der Waals surface area contributed by atoms with E-state index < -0.39 is 11.8 Å². The fourth-order valence-corrected chi connectivity index (χ4v) is 4.00. The van der Waals surface area contributed by atoms with Crippen molar-refractivity contribution in [2.45, 2.75) is 24.9 Å². The Morgan fingerprint density at radius 3 is 2.41 bits per heavy atom. The summed E-state index contributed by atoms with van der Waals surface area (Å²) in [6.45, 7) is 0.874. The Kier molecular flexibility index (Phi) is 4.11. The second-order valence-electron chi connectivity index (χ2n) is 5.77. The van der Waals surface area contributed by atoms with E-state index in [0.717, 1.165) is 24.9 Å². The van der Waals surface area contributed by atoms with Crippen LogP contribution in [0.15, 0.2) is 24.5 Å². The maximum atomic E-state index is 12.4. The van der Waals surface area contributed by atoms with Crippen molar-refractivity contribution in [2.75, 3.05) is 20.8 Å². The lowest BCUT2D eigenvalue weighted by atomic mass is 9.83. The highest BCUT2D eigenvalue weighted by Gasteiger charge is 2.57. The van der Waals surface area contributed by atoms with Gasteiger partial charge < -0.3 is 9.47 Å². The third-order valence-corrected chi connectivity index (χ3v) is 4.84. The highest BCUT2D eigenvalue weighted by atomic mass is 16.5. The number of ether oxygens (including phenoxy) is 2. The lowest BCUT2D eigenvalue weighted by Crippen LogP contribution is -2.35. The second kappa shape index (κ2) is 6.04. The predicted molar refractivity (Wildman–Crippen MR) is 77.7 cm³/mol. The number of hydrogen-bond acceptors (Lipinski definition) is 6. The van der Waals surface area contributed by atoms with Crippen molar-refractivity contribution in [3.63, 3.8) is 0 Å². The number of aromatic nitrogens is 1. The van der Waals surface area contributed by atoms with Gasteiger partial charge in [-0.2, -0.15) is 0 Å². The van der Waals surface area contributed by atoms with Crippen molar-refractivity contribution < 1.29 is 19.1 Å². The summed E-state index contributed by atoms with van der Waals surface area (Å²) in [5.41, 5.74) is 0.990. The minimum atomic E-state index is -0.537. The number of pyridine rings is 1. The van der Waals surface area contributed by atoms with E-state index in [9.17, 15) is 9.59 Å². The number of fused-ring (bicyclic) bond motifs is 1. The quantitative estimate of drug-likeness (QED) is 0.781. The number of methoxy groups -OCH3 is 2. The van der Waals surface area contributed by atoms with Crippen LogP contribution in [0.5, 0.6) is 0 Å². The van der Waals surface area contributed by atoms with Gasteiger partial charge in [0.15, 0.2) is 0 Å². The summed E-state index contributed by atoms with van der Waals surface area (Å²) in [5, 5.41) is 0. The molecule has 0 spiro atoms. The van der Waals surface area contributed by atoms with Gasteiger partial charge in [0.25, 0.3) is 0 Å². The molecule has 4 atom stereocenters. The number of carbonyl (C=O) groups excluding carboxylic acids is 2. The molecule has 0 amide bonds. The Labute approximate surface area is 129 Å². The van der Waals surface area contributed by atoms with E-state index in [0.29, 0.717) is 0 Å². The Balaban J connectivity index is 2.05. The fourth-order valence-electron chi connectivity index (χ4n) is 4.00. The monoisotopic (exact) mass is 304 g/mol. The molecule has 0 saturated carbocycles. The van der Waals surface area contributed by atoms with E-state index >= 15 is 0 Å². The van der Waals surface area contributed by atoms with E-state index in [-0.39, 0.29) is 24.0 Å². The lowest BCUT2D eigenvalue weighted by Gasteiger charge is -2.26. The van der Waals surface area contributed by atoms with Gasteiger partial charge in [-0.15, -0.1) is 0 Å². The zero-order valence-corrected chi connectivity index (χ0v) is 12.8. The molecule has 22 heavy (non-hydrogen) atoms. The van der Waals surface area contributed by atoms with Crippen LogP contribution >= 0.6 is 0 Å². The van der Waals surface area contributed by atoms with Gasteiger partial charge in [-0.1, -0.05) is 0 Å². The number of esters is 2. The fraction of sp³-hybridized carbons (Fsp3) is 0.562. The van der Waals surface area contributed by atoms with Gasteiger partial charge in [0.1, 0.15) is 0 Å². The predicted octanol–water partition coefficient (Wildman–Crippen LogP) is 1.18. The molecule has 0 unspecified atom stereocenters. The van der Waals surface area contributed by atoms with E-state index in [4.69, 9.17) is 9.47 Å². The first kappa shape index (κ1) is 15.0. The van der Waals surface area contributed by atoms with E-state index in [1.807, 2.05) is 12.1 Å².